The van der Waals surface area contributed by atoms with E-state index in [1.807, 2.05) is 0 Å². The van der Waals surface area contributed by atoms with Gasteiger partial charge in [-0.1, -0.05) is 59.0 Å². The molecule has 0 fully saturated rings. The van der Waals surface area contributed by atoms with Gasteiger partial charge < -0.3 is 20.4 Å². The van der Waals surface area contributed by atoms with E-state index in [-0.39, 0.29) is 11.1 Å². The predicted octanol–water partition coefficient (Wildman–Crippen LogP) is 4.51. The molecule has 1 amide bonds. The highest BCUT2D eigenvalue weighted by Crippen LogP contribution is 2.13. The molecule has 0 aliphatic carbocycles. The predicted molar refractivity (Wildman–Crippen MR) is 124 cm³/mol. The van der Waals surface area contributed by atoms with Gasteiger partial charge in [0.1, 0.15) is 0 Å². The van der Waals surface area contributed by atoms with Gasteiger partial charge in [-0.2, -0.15) is 0 Å². The van der Waals surface area contributed by atoms with Gasteiger partial charge in [-0.15, -0.1) is 0 Å². The van der Waals surface area contributed by atoms with Crippen molar-refractivity contribution in [3.63, 3.8) is 0 Å². The number of carboxylic acids is 2. The lowest BCUT2D eigenvalue weighted by molar-refractivity contribution is -0.133. The Morgan fingerprint density at radius 2 is 1.52 bits per heavy atom. The number of hydrogen-bond acceptors (Lipinski definition) is 4. The number of rotatable bonds is 19. The van der Waals surface area contributed by atoms with Gasteiger partial charge in [-0.05, 0) is 44.8 Å². The molecule has 176 valence electrons. The number of carboxylic acid groups (broad SMARTS) is 2. The quantitative estimate of drug-likeness (QED) is 0.156. The molecule has 3 N–H and O–H groups in total. The van der Waals surface area contributed by atoms with Crippen molar-refractivity contribution >= 4 is 17.8 Å². The van der Waals surface area contributed by atoms with Crippen molar-refractivity contribution in [1.82, 2.24) is 10.2 Å². The molecule has 0 saturated heterocycles. The topological polar surface area (TPSA) is 107 Å². The van der Waals surface area contributed by atoms with Crippen molar-refractivity contribution < 1.29 is 24.6 Å². The highest BCUT2D eigenvalue weighted by Gasteiger charge is 2.16. The van der Waals surface area contributed by atoms with Crippen molar-refractivity contribution in [3.8, 4) is 0 Å². The first-order chi connectivity index (χ1) is 14.8. The normalized spacial score (nSPS) is 11.6. The van der Waals surface area contributed by atoms with Crippen molar-refractivity contribution in [2.45, 2.75) is 78.1 Å². The second kappa shape index (κ2) is 18.4. The van der Waals surface area contributed by atoms with Gasteiger partial charge in [0.15, 0.2) is 0 Å². The third-order valence-electron chi connectivity index (χ3n) is 4.82. The van der Waals surface area contributed by atoms with E-state index in [1.165, 1.54) is 23.6 Å². The summed E-state index contributed by atoms with van der Waals surface area (Å²) in [6, 6.07) is 0. The maximum absolute atomic E-state index is 12.8. The first-order valence-corrected chi connectivity index (χ1v) is 11.4. The molecule has 0 aromatic rings. The maximum atomic E-state index is 12.8. The van der Waals surface area contributed by atoms with Crippen LogP contribution in [0, 0.1) is 0 Å². The molecule has 0 aliphatic rings. The number of amides is 1. The molecule has 0 radical (unpaired) electrons. The van der Waals surface area contributed by atoms with Crippen LogP contribution in [0.1, 0.15) is 78.1 Å². The summed E-state index contributed by atoms with van der Waals surface area (Å²) in [5.74, 6) is -2.71. The molecule has 7 heteroatoms. The van der Waals surface area contributed by atoms with Gasteiger partial charge >= 0.3 is 11.9 Å². The van der Waals surface area contributed by atoms with E-state index >= 15 is 0 Å². The van der Waals surface area contributed by atoms with Crippen LogP contribution in [0.2, 0.25) is 0 Å². The van der Waals surface area contributed by atoms with Crippen molar-refractivity contribution in [2.75, 3.05) is 19.6 Å². The third kappa shape index (κ3) is 15.1. The van der Waals surface area contributed by atoms with E-state index in [4.69, 9.17) is 5.11 Å². The third-order valence-corrected chi connectivity index (χ3v) is 4.82. The Balaban J connectivity index is 4.92. The zero-order valence-corrected chi connectivity index (χ0v) is 19.2. The monoisotopic (exact) mass is 436 g/mol. The number of nitrogens with zero attached hydrogens (tertiary/aromatic N) is 1. The fraction of sp³-hybridized carbons (Fsp3) is 0.625. The minimum absolute atomic E-state index is 0.0392. The van der Waals surface area contributed by atoms with E-state index < -0.39 is 17.8 Å². The van der Waals surface area contributed by atoms with Gasteiger partial charge in [0.2, 0.25) is 0 Å². The lowest BCUT2D eigenvalue weighted by Gasteiger charge is -2.19. The minimum atomic E-state index is -1.15. The SMILES string of the molecule is C=C(C=C(CCCNCCCC)C(=O)O)C(=O)N(C=CC(=O)O)CCCCCCCC. The van der Waals surface area contributed by atoms with Crippen LogP contribution in [-0.2, 0) is 14.4 Å². The van der Waals surface area contributed by atoms with E-state index in [0.717, 1.165) is 57.6 Å². The lowest BCUT2D eigenvalue weighted by atomic mass is 10.1. The molecule has 0 bridgehead atoms. The highest BCUT2D eigenvalue weighted by molar-refractivity contribution is 5.99. The molecule has 0 aromatic heterocycles. The minimum Gasteiger partial charge on any atom is -0.478 e. The molecule has 0 aliphatic heterocycles. The number of carbonyl (C=O) groups excluding carboxylic acids is 1. The molecule has 31 heavy (non-hydrogen) atoms. The van der Waals surface area contributed by atoms with E-state index in [0.29, 0.717) is 25.9 Å². The Hall–Kier alpha value is -2.41. The standard InChI is InChI=1S/C24H40N2O5/c1-4-6-8-9-10-11-17-26(18-14-22(27)28)23(29)20(3)19-21(24(30)31)13-12-16-25-15-7-5-2/h14,18-19,25H,3-13,15-17H2,1-2H3,(H,27,28)(H,30,31). The Morgan fingerprint density at radius 3 is 2.13 bits per heavy atom. The van der Waals surface area contributed by atoms with Gasteiger partial charge in [-0.25, -0.2) is 9.59 Å². The number of nitrogens with one attached hydrogen (secondary N) is 1. The molecule has 7 nitrogen and oxygen atoms in total. The van der Waals surface area contributed by atoms with Crippen LogP contribution in [0.5, 0.6) is 0 Å². The van der Waals surface area contributed by atoms with Gasteiger partial charge in [-0.3, -0.25) is 4.79 Å². The van der Waals surface area contributed by atoms with Crippen LogP contribution in [0.15, 0.2) is 36.1 Å². The number of hydrogen-bond donors (Lipinski definition) is 3. The number of carbonyl (C=O) groups is 3. The first kappa shape index (κ1) is 28.6. The average molecular weight is 437 g/mol. The lowest BCUT2D eigenvalue weighted by Crippen LogP contribution is -2.28. The van der Waals surface area contributed by atoms with E-state index in [1.54, 1.807) is 0 Å². The van der Waals surface area contributed by atoms with Crippen molar-refractivity contribution in [2.24, 2.45) is 0 Å². The molecule has 0 aromatic carbocycles. The van der Waals surface area contributed by atoms with Crippen LogP contribution in [0.3, 0.4) is 0 Å². The van der Waals surface area contributed by atoms with Gasteiger partial charge in [0.05, 0.1) is 0 Å². The fourth-order valence-corrected chi connectivity index (χ4v) is 2.99. The largest absolute Gasteiger partial charge is 0.478 e. The summed E-state index contributed by atoms with van der Waals surface area (Å²) in [7, 11) is 0. The van der Waals surface area contributed by atoms with E-state index in [2.05, 4.69) is 25.7 Å². The Morgan fingerprint density at radius 1 is 0.903 bits per heavy atom. The Labute approximate surface area is 186 Å². The molecule has 0 unspecified atom stereocenters. The van der Waals surface area contributed by atoms with Crippen LogP contribution < -0.4 is 5.32 Å². The van der Waals surface area contributed by atoms with Crippen LogP contribution in [0.25, 0.3) is 0 Å². The molecular weight excluding hydrogens is 396 g/mol. The number of aliphatic carboxylic acids is 2. The molecular formula is C24H40N2O5. The molecule has 0 rings (SSSR count). The maximum Gasteiger partial charge on any atom is 0.331 e. The Kier molecular flexibility index (Phi) is 16.9. The summed E-state index contributed by atoms with van der Waals surface area (Å²) < 4.78 is 0. The van der Waals surface area contributed by atoms with Crippen molar-refractivity contribution in [1.29, 1.82) is 0 Å². The van der Waals surface area contributed by atoms with Crippen LogP contribution >= 0.6 is 0 Å². The van der Waals surface area contributed by atoms with Crippen LogP contribution in [-0.4, -0.2) is 52.6 Å². The zero-order valence-electron chi connectivity index (χ0n) is 19.2. The molecule has 0 spiro atoms. The second-order valence-corrected chi connectivity index (χ2v) is 7.63. The summed E-state index contributed by atoms with van der Waals surface area (Å²) in [5.41, 5.74) is 0.162. The van der Waals surface area contributed by atoms with Gasteiger partial charge in [0.25, 0.3) is 5.91 Å². The fourth-order valence-electron chi connectivity index (χ4n) is 2.99. The second-order valence-electron chi connectivity index (χ2n) is 7.63. The molecule has 0 heterocycles. The summed E-state index contributed by atoms with van der Waals surface area (Å²) in [6.45, 7) is 9.96. The highest BCUT2D eigenvalue weighted by atomic mass is 16.4. The average Bonchev–Trinajstić information content (AvgIpc) is 2.73. The molecule has 0 atom stereocenters. The van der Waals surface area contributed by atoms with Gasteiger partial charge in [0, 0.05) is 30.0 Å². The first-order valence-electron chi connectivity index (χ1n) is 11.4. The summed E-state index contributed by atoms with van der Waals surface area (Å²) in [6.07, 6.45) is 12.8. The Bertz CT molecular complexity index is 625. The summed E-state index contributed by atoms with van der Waals surface area (Å²) in [5, 5.41) is 21.6. The zero-order chi connectivity index (χ0) is 23.5. The summed E-state index contributed by atoms with van der Waals surface area (Å²) >= 11 is 0. The van der Waals surface area contributed by atoms with E-state index in [9.17, 15) is 19.5 Å². The van der Waals surface area contributed by atoms with Crippen LogP contribution in [0.4, 0.5) is 0 Å². The smallest absolute Gasteiger partial charge is 0.331 e. The molecule has 0 saturated carbocycles. The number of unbranched alkanes of at least 4 members (excludes halogenated alkanes) is 6. The summed E-state index contributed by atoms with van der Waals surface area (Å²) in [4.78, 5) is 36.5. The van der Waals surface area contributed by atoms with Crippen molar-refractivity contribution in [3.05, 3.63) is 36.1 Å².